The van der Waals surface area contributed by atoms with Crippen LogP contribution in [0.15, 0.2) is 24.3 Å². The van der Waals surface area contributed by atoms with Gasteiger partial charge in [0.25, 0.3) is 0 Å². The first-order valence-corrected chi connectivity index (χ1v) is 8.02. The monoisotopic (exact) mass is 259 g/mol. The van der Waals surface area contributed by atoms with Crippen LogP contribution in [0.25, 0.3) is 0 Å². The lowest BCUT2D eigenvalue weighted by atomic mass is 9.75. The second-order valence-corrected chi connectivity index (χ2v) is 6.40. The molecular weight excluding hydrogens is 230 g/mol. The number of nitrogens with two attached hydrogens (primary N) is 1. The third-order valence-corrected chi connectivity index (χ3v) is 4.73. The number of rotatable bonds is 5. The highest BCUT2D eigenvalue weighted by molar-refractivity contribution is 5.27. The van der Waals surface area contributed by atoms with Crippen LogP contribution >= 0.6 is 0 Å². The van der Waals surface area contributed by atoms with Crippen LogP contribution in [0.2, 0.25) is 0 Å². The predicted molar refractivity (Wildman–Crippen MR) is 83.5 cm³/mol. The van der Waals surface area contributed by atoms with Crippen LogP contribution in [0.3, 0.4) is 0 Å². The van der Waals surface area contributed by atoms with E-state index in [1.165, 1.54) is 43.2 Å². The third-order valence-electron chi connectivity index (χ3n) is 4.73. The lowest BCUT2D eigenvalue weighted by Gasteiger charge is -2.30. The molecule has 1 aliphatic rings. The highest BCUT2D eigenvalue weighted by Crippen LogP contribution is 2.38. The maximum atomic E-state index is 5.85. The van der Waals surface area contributed by atoms with E-state index in [0.29, 0.717) is 11.8 Å². The summed E-state index contributed by atoms with van der Waals surface area (Å²) in [7, 11) is 0. The normalized spacial score (nSPS) is 18.7. The average molecular weight is 259 g/mol. The molecule has 0 aliphatic heterocycles. The molecular formula is C18H29N. The molecule has 1 aromatic carbocycles. The van der Waals surface area contributed by atoms with Gasteiger partial charge < -0.3 is 5.73 Å². The Morgan fingerprint density at radius 1 is 1.00 bits per heavy atom. The molecule has 0 heterocycles. The lowest BCUT2D eigenvalue weighted by Crippen LogP contribution is -2.19. The minimum Gasteiger partial charge on any atom is -0.330 e. The molecule has 0 saturated heterocycles. The van der Waals surface area contributed by atoms with Gasteiger partial charge in [-0.25, -0.2) is 0 Å². The lowest BCUT2D eigenvalue weighted by molar-refractivity contribution is 0.296. The predicted octanol–water partition coefficient (Wildman–Crippen LogP) is 4.82. The Morgan fingerprint density at radius 2 is 1.58 bits per heavy atom. The molecule has 1 unspecified atom stereocenters. The van der Waals surface area contributed by atoms with E-state index in [4.69, 9.17) is 5.73 Å². The van der Waals surface area contributed by atoms with Crippen molar-refractivity contribution in [3.05, 3.63) is 35.4 Å². The molecule has 106 valence electrons. The summed E-state index contributed by atoms with van der Waals surface area (Å²) in [5, 5.41) is 0. The minimum absolute atomic E-state index is 0.622. The van der Waals surface area contributed by atoms with Crippen LogP contribution in [-0.2, 0) is 0 Å². The molecule has 1 heteroatoms. The molecule has 0 amide bonds. The van der Waals surface area contributed by atoms with Gasteiger partial charge in [-0.3, -0.25) is 0 Å². The molecule has 1 nitrogen and oxygen atoms in total. The summed E-state index contributed by atoms with van der Waals surface area (Å²) < 4.78 is 0. The van der Waals surface area contributed by atoms with Crippen molar-refractivity contribution in [3.63, 3.8) is 0 Å². The third kappa shape index (κ3) is 3.82. The molecule has 0 bridgehead atoms. The van der Waals surface area contributed by atoms with Gasteiger partial charge in [0.2, 0.25) is 0 Å². The summed E-state index contributed by atoms with van der Waals surface area (Å²) in [5.41, 5.74) is 8.81. The van der Waals surface area contributed by atoms with Crippen molar-refractivity contribution in [1.82, 2.24) is 0 Å². The van der Waals surface area contributed by atoms with Gasteiger partial charge in [0.15, 0.2) is 0 Å². The molecule has 1 aliphatic carbocycles. The van der Waals surface area contributed by atoms with Crippen molar-refractivity contribution in [3.8, 4) is 0 Å². The topological polar surface area (TPSA) is 26.0 Å². The van der Waals surface area contributed by atoms with Gasteiger partial charge in [-0.2, -0.15) is 0 Å². The standard InChI is InChI=1S/C18H29N/c1-14(2)15-8-10-17(11-9-15)18(12-13-19)16-6-4-3-5-7-16/h8-11,14,16,18H,3-7,12-13,19H2,1-2H3. The van der Waals surface area contributed by atoms with Gasteiger partial charge >= 0.3 is 0 Å². The fraction of sp³-hybridized carbons (Fsp3) is 0.667. The van der Waals surface area contributed by atoms with Crippen molar-refractivity contribution in [1.29, 1.82) is 0 Å². The van der Waals surface area contributed by atoms with E-state index in [1.807, 2.05) is 0 Å². The molecule has 0 aromatic heterocycles. The Kier molecular flexibility index (Phi) is 5.45. The molecule has 1 atom stereocenters. The first-order chi connectivity index (χ1) is 9.22. The number of hydrogen-bond donors (Lipinski definition) is 1. The Bertz CT molecular complexity index is 360. The largest absolute Gasteiger partial charge is 0.330 e. The van der Waals surface area contributed by atoms with Gasteiger partial charge in [0.05, 0.1) is 0 Å². The Labute approximate surface area is 118 Å². The second-order valence-electron chi connectivity index (χ2n) is 6.40. The Balaban J connectivity index is 2.13. The maximum absolute atomic E-state index is 5.85. The summed E-state index contributed by atoms with van der Waals surface area (Å²) in [6.07, 6.45) is 8.20. The number of benzene rings is 1. The first-order valence-electron chi connectivity index (χ1n) is 8.02. The maximum Gasteiger partial charge on any atom is -0.00713 e. The quantitative estimate of drug-likeness (QED) is 0.806. The summed E-state index contributed by atoms with van der Waals surface area (Å²) in [6.45, 7) is 5.33. The Hall–Kier alpha value is -0.820. The molecule has 2 rings (SSSR count). The van der Waals surface area contributed by atoms with Gasteiger partial charge in [0.1, 0.15) is 0 Å². The van der Waals surface area contributed by atoms with Gasteiger partial charge in [-0.15, -0.1) is 0 Å². The summed E-state index contributed by atoms with van der Waals surface area (Å²) >= 11 is 0. The number of hydrogen-bond acceptors (Lipinski definition) is 1. The van der Waals surface area contributed by atoms with Gasteiger partial charge in [-0.05, 0) is 54.7 Å². The second kappa shape index (κ2) is 7.09. The van der Waals surface area contributed by atoms with E-state index in [0.717, 1.165) is 18.9 Å². The van der Waals surface area contributed by atoms with Gasteiger partial charge in [0, 0.05) is 0 Å². The fourth-order valence-electron chi connectivity index (χ4n) is 3.52. The van der Waals surface area contributed by atoms with Crippen molar-refractivity contribution in [2.24, 2.45) is 11.7 Å². The molecule has 1 saturated carbocycles. The minimum atomic E-state index is 0.622. The van der Waals surface area contributed by atoms with Crippen LogP contribution in [0, 0.1) is 5.92 Å². The first kappa shape index (κ1) is 14.6. The van der Waals surface area contributed by atoms with Crippen molar-refractivity contribution >= 4 is 0 Å². The highest BCUT2D eigenvalue weighted by Gasteiger charge is 2.24. The van der Waals surface area contributed by atoms with E-state index in [2.05, 4.69) is 38.1 Å². The van der Waals surface area contributed by atoms with Crippen LogP contribution in [0.5, 0.6) is 0 Å². The molecule has 0 spiro atoms. The summed E-state index contributed by atoms with van der Waals surface area (Å²) in [4.78, 5) is 0. The Morgan fingerprint density at radius 3 is 2.11 bits per heavy atom. The van der Waals surface area contributed by atoms with E-state index in [-0.39, 0.29) is 0 Å². The molecule has 0 radical (unpaired) electrons. The van der Waals surface area contributed by atoms with Crippen LogP contribution in [0.1, 0.15) is 75.3 Å². The van der Waals surface area contributed by atoms with E-state index in [1.54, 1.807) is 0 Å². The summed E-state index contributed by atoms with van der Waals surface area (Å²) in [6, 6.07) is 9.33. The van der Waals surface area contributed by atoms with Crippen molar-refractivity contribution in [2.75, 3.05) is 6.54 Å². The smallest absolute Gasteiger partial charge is 0.00713 e. The van der Waals surface area contributed by atoms with Crippen molar-refractivity contribution < 1.29 is 0 Å². The van der Waals surface area contributed by atoms with E-state index < -0.39 is 0 Å². The average Bonchev–Trinajstić information content (AvgIpc) is 2.46. The zero-order valence-corrected chi connectivity index (χ0v) is 12.6. The van der Waals surface area contributed by atoms with Gasteiger partial charge in [-0.1, -0.05) is 57.4 Å². The van der Waals surface area contributed by atoms with Crippen LogP contribution < -0.4 is 5.73 Å². The zero-order chi connectivity index (χ0) is 13.7. The fourth-order valence-corrected chi connectivity index (χ4v) is 3.52. The molecule has 1 aromatic rings. The molecule has 19 heavy (non-hydrogen) atoms. The zero-order valence-electron chi connectivity index (χ0n) is 12.6. The van der Waals surface area contributed by atoms with E-state index >= 15 is 0 Å². The van der Waals surface area contributed by atoms with E-state index in [9.17, 15) is 0 Å². The summed E-state index contributed by atoms with van der Waals surface area (Å²) in [5.74, 6) is 2.17. The molecule has 2 N–H and O–H groups in total. The molecule has 1 fully saturated rings. The SMILES string of the molecule is CC(C)c1ccc(C(CCN)C2CCCCC2)cc1. The van der Waals surface area contributed by atoms with Crippen LogP contribution in [-0.4, -0.2) is 6.54 Å². The van der Waals surface area contributed by atoms with Crippen LogP contribution in [0.4, 0.5) is 0 Å². The highest BCUT2D eigenvalue weighted by atomic mass is 14.5. The van der Waals surface area contributed by atoms with Crippen molar-refractivity contribution in [2.45, 2.75) is 64.2 Å².